The molecule has 0 aliphatic carbocycles. The van der Waals surface area contributed by atoms with Crippen LogP contribution in [0.25, 0.3) is 6.08 Å². The van der Waals surface area contributed by atoms with Crippen LogP contribution >= 0.6 is 0 Å². The summed E-state index contributed by atoms with van der Waals surface area (Å²) in [6.07, 6.45) is 2.63. The van der Waals surface area contributed by atoms with Crippen molar-refractivity contribution in [2.24, 2.45) is 0 Å². The van der Waals surface area contributed by atoms with E-state index in [0.29, 0.717) is 5.56 Å². The number of carbonyl (C=O) groups is 2. The molecule has 2 N–H and O–H groups in total. The van der Waals surface area contributed by atoms with Gasteiger partial charge in [-0.15, -0.1) is 0 Å². The number of phenols is 1. The lowest BCUT2D eigenvalue weighted by atomic mass is 10.2. The lowest BCUT2D eigenvalue weighted by Gasteiger charge is -2.13. The Morgan fingerprint density at radius 3 is 2.04 bits per heavy atom. The molecule has 0 saturated carbocycles. The van der Waals surface area contributed by atoms with Crippen LogP contribution in [-0.4, -0.2) is 43.5 Å². The minimum Gasteiger partial charge on any atom is -0.504 e. The van der Waals surface area contributed by atoms with Crippen molar-refractivity contribution >= 4 is 18.0 Å². The highest BCUT2D eigenvalue weighted by atomic mass is 16.6. The quantitative estimate of drug-likeness (QED) is 0.432. The average Bonchev–Trinajstić information content (AvgIpc) is 2.67. The van der Waals surface area contributed by atoms with E-state index in [2.05, 4.69) is 0 Å². The Kier molecular flexibility index (Phi) is 6.27. The standard InChI is InChI=1S/C19H18O8/c1-24-14-8-11(4-6-13(14)20)5-7-17(21)27-18-15(25-2)9-12(19(22)23)10-16(18)26-3/h4-10,20H,1-3H3,(H,22,23). The van der Waals surface area contributed by atoms with Crippen molar-refractivity contribution in [3.05, 3.63) is 47.5 Å². The Bertz CT molecular complexity index is 860. The zero-order valence-electron chi connectivity index (χ0n) is 14.9. The number of esters is 1. The zero-order valence-corrected chi connectivity index (χ0v) is 14.9. The number of phenolic OH excluding ortho intramolecular Hbond substituents is 1. The molecule has 0 amide bonds. The van der Waals surface area contributed by atoms with E-state index >= 15 is 0 Å². The molecule has 0 heterocycles. The first-order valence-corrected chi connectivity index (χ1v) is 7.65. The van der Waals surface area contributed by atoms with E-state index in [1.165, 1.54) is 45.6 Å². The summed E-state index contributed by atoms with van der Waals surface area (Å²) in [7, 11) is 4.04. The number of hydrogen-bond donors (Lipinski definition) is 2. The Labute approximate surface area is 155 Å². The number of hydrogen-bond acceptors (Lipinski definition) is 7. The van der Waals surface area contributed by atoms with Crippen molar-refractivity contribution in [3.63, 3.8) is 0 Å². The number of carboxylic acids is 1. The summed E-state index contributed by atoms with van der Waals surface area (Å²) in [6, 6.07) is 7.01. The van der Waals surface area contributed by atoms with E-state index in [4.69, 9.17) is 24.1 Å². The molecular formula is C19H18O8. The highest BCUT2D eigenvalue weighted by Gasteiger charge is 2.19. The molecule has 0 saturated heterocycles. The van der Waals surface area contributed by atoms with E-state index in [1.807, 2.05) is 0 Å². The van der Waals surface area contributed by atoms with Gasteiger partial charge in [0.05, 0.1) is 26.9 Å². The van der Waals surface area contributed by atoms with Crippen molar-refractivity contribution < 1.29 is 38.7 Å². The first-order valence-electron chi connectivity index (χ1n) is 7.65. The van der Waals surface area contributed by atoms with Crippen molar-refractivity contribution in [1.82, 2.24) is 0 Å². The predicted octanol–water partition coefficient (Wildman–Crippen LogP) is 2.74. The molecular weight excluding hydrogens is 356 g/mol. The van der Waals surface area contributed by atoms with Gasteiger partial charge in [-0.2, -0.15) is 0 Å². The van der Waals surface area contributed by atoms with Gasteiger partial charge < -0.3 is 29.2 Å². The second-order valence-corrected chi connectivity index (χ2v) is 5.20. The minimum absolute atomic E-state index is 0.0229. The average molecular weight is 374 g/mol. The summed E-state index contributed by atoms with van der Waals surface area (Å²) in [5.41, 5.74) is 0.525. The summed E-state index contributed by atoms with van der Waals surface area (Å²) in [5.74, 6) is -1.63. The van der Waals surface area contributed by atoms with Crippen LogP contribution in [0.15, 0.2) is 36.4 Å². The Balaban J connectivity index is 2.26. The molecule has 0 spiro atoms. The molecule has 0 unspecified atom stereocenters. The number of benzene rings is 2. The van der Waals surface area contributed by atoms with Crippen molar-refractivity contribution in [3.8, 4) is 28.7 Å². The van der Waals surface area contributed by atoms with Crippen LogP contribution in [0.5, 0.6) is 28.7 Å². The predicted molar refractivity (Wildman–Crippen MR) is 95.8 cm³/mol. The minimum atomic E-state index is -1.18. The molecule has 0 bridgehead atoms. The fourth-order valence-corrected chi connectivity index (χ4v) is 2.20. The van der Waals surface area contributed by atoms with Gasteiger partial charge in [0.2, 0.25) is 5.75 Å². The van der Waals surface area contributed by atoms with Crippen LogP contribution in [0.3, 0.4) is 0 Å². The highest BCUT2D eigenvalue weighted by Crippen LogP contribution is 2.38. The van der Waals surface area contributed by atoms with Crippen LogP contribution < -0.4 is 18.9 Å². The molecule has 27 heavy (non-hydrogen) atoms. The number of aromatic carboxylic acids is 1. The number of methoxy groups -OCH3 is 3. The van der Waals surface area contributed by atoms with Gasteiger partial charge in [-0.05, 0) is 35.9 Å². The molecule has 0 aromatic heterocycles. The van der Waals surface area contributed by atoms with Gasteiger partial charge in [0.1, 0.15) is 0 Å². The van der Waals surface area contributed by atoms with Gasteiger partial charge in [0.15, 0.2) is 23.0 Å². The smallest absolute Gasteiger partial charge is 0.336 e. The van der Waals surface area contributed by atoms with Crippen LogP contribution in [0.1, 0.15) is 15.9 Å². The van der Waals surface area contributed by atoms with Gasteiger partial charge in [-0.3, -0.25) is 0 Å². The van der Waals surface area contributed by atoms with Crippen LogP contribution in [-0.2, 0) is 4.79 Å². The first kappa shape index (κ1) is 19.6. The molecule has 0 atom stereocenters. The molecule has 0 aliphatic heterocycles. The third-order valence-electron chi connectivity index (χ3n) is 3.53. The highest BCUT2D eigenvalue weighted by molar-refractivity contribution is 5.92. The van der Waals surface area contributed by atoms with Crippen molar-refractivity contribution in [2.45, 2.75) is 0 Å². The van der Waals surface area contributed by atoms with Crippen LogP contribution in [0, 0.1) is 0 Å². The Morgan fingerprint density at radius 1 is 0.926 bits per heavy atom. The van der Waals surface area contributed by atoms with Crippen molar-refractivity contribution in [1.29, 1.82) is 0 Å². The maximum atomic E-state index is 12.1. The molecule has 0 radical (unpaired) electrons. The van der Waals surface area contributed by atoms with E-state index < -0.39 is 11.9 Å². The van der Waals surface area contributed by atoms with Gasteiger partial charge in [-0.25, -0.2) is 9.59 Å². The maximum Gasteiger partial charge on any atom is 0.336 e. The number of rotatable bonds is 7. The largest absolute Gasteiger partial charge is 0.504 e. The maximum absolute atomic E-state index is 12.1. The zero-order chi connectivity index (χ0) is 20.0. The second-order valence-electron chi connectivity index (χ2n) is 5.20. The second kappa shape index (κ2) is 8.61. The first-order chi connectivity index (χ1) is 12.9. The van der Waals surface area contributed by atoms with Gasteiger partial charge in [0.25, 0.3) is 0 Å². The van der Waals surface area contributed by atoms with Crippen molar-refractivity contribution in [2.75, 3.05) is 21.3 Å². The monoisotopic (exact) mass is 374 g/mol. The molecule has 2 rings (SSSR count). The molecule has 2 aromatic carbocycles. The summed E-state index contributed by atoms with van der Waals surface area (Å²) < 4.78 is 20.4. The normalized spacial score (nSPS) is 10.5. The van der Waals surface area contributed by atoms with Gasteiger partial charge in [-0.1, -0.05) is 6.07 Å². The molecule has 0 fully saturated rings. The Morgan fingerprint density at radius 2 is 1.52 bits per heavy atom. The SMILES string of the molecule is COc1cc(C=CC(=O)Oc2c(OC)cc(C(=O)O)cc2OC)ccc1O. The van der Waals surface area contributed by atoms with Crippen LogP contribution in [0.2, 0.25) is 0 Å². The summed E-state index contributed by atoms with van der Waals surface area (Å²) >= 11 is 0. The van der Waals surface area contributed by atoms with E-state index in [9.17, 15) is 14.7 Å². The van der Waals surface area contributed by atoms with E-state index in [-0.39, 0.29) is 34.3 Å². The number of aromatic hydroxyl groups is 1. The molecule has 8 heteroatoms. The summed E-state index contributed by atoms with van der Waals surface area (Å²) in [6.45, 7) is 0. The third kappa shape index (κ3) is 4.69. The molecule has 142 valence electrons. The molecule has 8 nitrogen and oxygen atoms in total. The fourth-order valence-electron chi connectivity index (χ4n) is 2.20. The topological polar surface area (TPSA) is 112 Å². The van der Waals surface area contributed by atoms with E-state index in [1.54, 1.807) is 12.1 Å². The van der Waals surface area contributed by atoms with Crippen LogP contribution in [0.4, 0.5) is 0 Å². The Hall–Kier alpha value is -3.68. The lowest BCUT2D eigenvalue weighted by molar-refractivity contribution is -0.129. The molecule has 0 aliphatic rings. The number of ether oxygens (including phenoxy) is 4. The summed E-state index contributed by atoms with van der Waals surface area (Å²) in [5, 5.41) is 18.7. The number of carbonyl (C=O) groups excluding carboxylic acids is 1. The molecule has 2 aromatic rings. The summed E-state index contributed by atoms with van der Waals surface area (Å²) in [4.78, 5) is 23.3. The number of carboxylic acid groups (broad SMARTS) is 1. The third-order valence-corrected chi connectivity index (χ3v) is 3.53. The van der Waals surface area contributed by atoms with Gasteiger partial charge in [0, 0.05) is 6.08 Å². The van der Waals surface area contributed by atoms with Gasteiger partial charge >= 0.3 is 11.9 Å². The van der Waals surface area contributed by atoms with E-state index in [0.717, 1.165) is 6.08 Å². The fraction of sp³-hybridized carbons (Fsp3) is 0.158. The lowest BCUT2D eigenvalue weighted by Crippen LogP contribution is -2.08.